The van der Waals surface area contributed by atoms with E-state index in [0.29, 0.717) is 27.0 Å². The van der Waals surface area contributed by atoms with Crippen LogP contribution in [0.25, 0.3) is 5.69 Å². The molecule has 0 aliphatic heterocycles. The fourth-order valence-corrected chi connectivity index (χ4v) is 3.42. The van der Waals surface area contributed by atoms with Crippen molar-refractivity contribution in [3.8, 4) is 11.4 Å². The van der Waals surface area contributed by atoms with Gasteiger partial charge in [-0.25, -0.2) is 0 Å². The van der Waals surface area contributed by atoms with Crippen LogP contribution in [0.15, 0.2) is 48.5 Å². The lowest BCUT2D eigenvalue weighted by molar-refractivity contribution is -0.114. The maximum atomic E-state index is 12.7. The van der Waals surface area contributed by atoms with Crippen LogP contribution in [0.2, 0.25) is 10.0 Å². The Morgan fingerprint density at radius 3 is 2.31 bits per heavy atom. The van der Waals surface area contributed by atoms with E-state index in [1.165, 1.54) is 6.92 Å². The molecule has 0 aliphatic rings. The number of aromatic nitrogens is 1. The monoisotopic (exact) mass is 430 g/mol. The second-order valence-electron chi connectivity index (χ2n) is 6.64. The molecule has 0 fully saturated rings. The van der Waals surface area contributed by atoms with Crippen molar-refractivity contribution in [2.45, 2.75) is 20.8 Å². The van der Waals surface area contributed by atoms with Crippen LogP contribution in [-0.4, -0.2) is 22.9 Å². The first-order valence-electron chi connectivity index (χ1n) is 8.94. The third kappa shape index (κ3) is 4.81. The third-order valence-corrected chi connectivity index (χ3v) is 5.18. The van der Waals surface area contributed by atoms with Gasteiger partial charge in [0.1, 0.15) is 5.75 Å². The number of carbonyl (C=O) groups excluding carboxylic acids is 2. The van der Waals surface area contributed by atoms with Gasteiger partial charge in [0.2, 0.25) is 11.7 Å². The van der Waals surface area contributed by atoms with Crippen LogP contribution in [-0.2, 0) is 4.79 Å². The number of benzene rings is 2. The second-order valence-corrected chi connectivity index (χ2v) is 7.45. The molecule has 0 unspecified atom stereocenters. The predicted molar refractivity (Wildman–Crippen MR) is 116 cm³/mol. The Bertz CT molecular complexity index is 1070. The van der Waals surface area contributed by atoms with Gasteiger partial charge in [-0.15, -0.1) is 0 Å². The number of nitrogens with one attached hydrogen (secondary N) is 1. The zero-order valence-electron chi connectivity index (χ0n) is 16.3. The number of nitrogens with zero attached hydrogens (tertiary/aromatic N) is 1. The summed E-state index contributed by atoms with van der Waals surface area (Å²) in [6, 6.07) is 14.0. The topological polar surface area (TPSA) is 60.3 Å². The summed E-state index contributed by atoms with van der Waals surface area (Å²) in [5.41, 5.74) is 3.80. The first-order valence-corrected chi connectivity index (χ1v) is 9.70. The van der Waals surface area contributed by atoms with Crippen LogP contribution >= 0.6 is 23.2 Å². The van der Waals surface area contributed by atoms with Crippen molar-refractivity contribution in [3.63, 3.8) is 0 Å². The molecule has 1 aromatic heterocycles. The molecule has 0 saturated heterocycles. The summed E-state index contributed by atoms with van der Waals surface area (Å²) >= 11 is 12.1. The zero-order chi connectivity index (χ0) is 21.1. The largest absolute Gasteiger partial charge is 0.485 e. The van der Waals surface area contributed by atoms with E-state index in [1.807, 2.05) is 30.5 Å². The van der Waals surface area contributed by atoms with E-state index in [1.54, 1.807) is 36.4 Å². The number of anilines is 1. The highest BCUT2D eigenvalue weighted by Crippen LogP contribution is 2.28. The molecule has 0 spiro atoms. The van der Waals surface area contributed by atoms with Crippen molar-refractivity contribution in [2.24, 2.45) is 0 Å². The summed E-state index contributed by atoms with van der Waals surface area (Å²) in [7, 11) is 0. The molecule has 0 saturated carbocycles. The lowest BCUT2D eigenvalue weighted by Crippen LogP contribution is -2.13. The molecule has 0 aliphatic carbocycles. The van der Waals surface area contributed by atoms with E-state index < -0.39 is 0 Å². The molecule has 0 atom stereocenters. The van der Waals surface area contributed by atoms with Crippen molar-refractivity contribution in [1.82, 2.24) is 4.57 Å². The Labute approximate surface area is 179 Å². The molecule has 0 bridgehead atoms. The fraction of sp³-hybridized carbons (Fsp3) is 0.182. The number of Topliss-reactive ketones (excluding diaryl/α,β-unsaturated/α-hetero) is 1. The number of ether oxygens (including phenoxy) is 1. The number of aryl methyl sites for hydroxylation is 1. The highest BCUT2D eigenvalue weighted by molar-refractivity contribution is 6.42. The molecule has 5 nitrogen and oxygen atoms in total. The van der Waals surface area contributed by atoms with Gasteiger partial charge >= 0.3 is 0 Å². The minimum absolute atomic E-state index is 0.0921. The minimum Gasteiger partial charge on any atom is -0.485 e. The molecular formula is C22H20Cl2N2O3. The maximum Gasteiger partial charge on any atom is 0.221 e. The Morgan fingerprint density at radius 2 is 1.69 bits per heavy atom. The molecule has 1 N–H and O–H groups in total. The molecule has 29 heavy (non-hydrogen) atoms. The van der Waals surface area contributed by atoms with Crippen LogP contribution in [0.1, 0.15) is 28.7 Å². The summed E-state index contributed by atoms with van der Waals surface area (Å²) in [4.78, 5) is 23.8. The number of hydrogen-bond donors (Lipinski definition) is 1. The van der Waals surface area contributed by atoms with Crippen LogP contribution in [0.4, 0.5) is 5.69 Å². The van der Waals surface area contributed by atoms with Gasteiger partial charge in [0.25, 0.3) is 0 Å². The highest BCUT2D eigenvalue weighted by atomic mass is 35.5. The number of hydrogen-bond acceptors (Lipinski definition) is 3. The molecule has 150 valence electrons. The minimum atomic E-state index is -0.147. The van der Waals surface area contributed by atoms with Crippen molar-refractivity contribution in [1.29, 1.82) is 0 Å². The van der Waals surface area contributed by atoms with E-state index in [4.69, 9.17) is 27.9 Å². The van der Waals surface area contributed by atoms with Gasteiger partial charge in [0.05, 0.1) is 10.0 Å². The number of rotatable bonds is 6. The Hall–Kier alpha value is -2.76. The highest BCUT2D eigenvalue weighted by Gasteiger charge is 2.17. The Kier molecular flexibility index (Phi) is 6.30. The summed E-state index contributed by atoms with van der Waals surface area (Å²) in [5, 5.41) is 3.61. The van der Waals surface area contributed by atoms with E-state index >= 15 is 0 Å². The summed E-state index contributed by atoms with van der Waals surface area (Å²) in [6.07, 6.45) is 0. The molecule has 1 amide bonds. The average molecular weight is 431 g/mol. The van der Waals surface area contributed by atoms with Crippen LogP contribution in [0.5, 0.6) is 5.75 Å². The summed E-state index contributed by atoms with van der Waals surface area (Å²) < 4.78 is 7.57. The second kappa shape index (κ2) is 8.72. The first-order chi connectivity index (χ1) is 13.8. The summed E-state index contributed by atoms with van der Waals surface area (Å²) in [5.74, 6) is 0.271. The molecule has 1 heterocycles. The zero-order valence-corrected chi connectivity index (χ0v) is 17.8. The molecule has 3 rings (SSSR count). The SMILES string of the molecule is CC(=O)Nc1ccc(OCC(=O)c2cc(C)n(-c3ccc(Cl)c(Cl)c3)c2C)cc1. The van der Waals surface area contributed by atoms with Gasteiger partial charge in [-0.2, -0.15) is 0 Å². The maximum absolute atomic E-state index is 12.7. The van der Waals surface area contributed by atoms with Crippen molar-refractivity contribution in [2.75, 3.05) is 11.9 Å². The molecule has 0 radical (unpaired) electrons. The Morgan fingerprint density at radius 1 is 1.00 bits per heavy atom. The van der Waals surface area contributed by atoms with Gasteiger partial charge < -0.3 is 14.6 Å². The molecule has 7 heteroatoms. The van der Waals surface area contributed by atoms with Crippen molar-refractivity contribution in [3.05, 3.63) is 75.5 Å². The van der Waals surface area contributed by atoms with Gasteiger partial charge in [-0.05, 0) is 62.4 Å². The van der Waals surface area contributed by atoms with Crippen LogP contribution < -0.4 is 10.1 Å². The smallest absolute Gasteiger partial charge is 0.221 e. The first kappa shape index (κ1) is 21.0. The lowest BCUT2D eigenvalue weighted by atomic mass is 10.1. The number of halogens is 2. The number of carbonyl (C=O) groups is 2. The van der Waals surface area contributed by atoms with E-state index in [2.05, 4.69) is 5.32 Å². The van der Waals surface area contributed by atoms with Gasteiger partial charge in [-0.3, -0.25) is 9.59 Å². The van der Waals surface area contributed by atoms with Crippen molar-refractivity contribution >= 4 is 40.6 Å². The van der Waals surface area contributed by atoms with Crippen LogP contribution in [0, 0.1) is 13.8 Å². The van der Waals surface area contributed by atoms with E-state index in [0.717, 1.165) is 17.1 Å². The van der Waals surface area contributed by atoms with Gasteiger partial charge in [0, 0.05) is 35.2 Å². The van der Waals surface area contributed by atoms with Crippen molar-refractivity contribution < 1.29 is 14.3 Å². The lowest BCUT2D eigenvalue weighted by Gasteiger charge is -2.11. The van der Waals surface area contributed by atoms with Gasteiger partial charge in [0.15, 0.2) is 6.61 Å². The molecular weight excluding hydrogens is 411 g/mol. The number of amides is 1. The van der Waals surface area contributed by atoms with E-state index in [-0.39, 0.29) is 18.3 Å². The molecule has 3 aromatic rings. The standard InChI is InChI=1S/C22H20Cl2N2O3/c1-13-10-19(14(2)26(13)17-6-9-20(23)21(24)11-17)22(28)12-29-18-7-4-16(5-8-18)25-15(3)27/h4-11H,12H2,1-3H3,(H,25,27). The molecule has 2 aromatic carbocycles. The predicted octanol–water partition coefficient (Wildman–Crippen LogP) is 5.62. The summed E-state index contributed by atoms with van der Waals surface area (Å²) in [6.45, 7) is 5.15. The van der Waals surface area contributed by atoms with Gasteiger partial charge in [-0.1, -0.05) is 23.2 Å². The average Bonchev–Trinajstić information content (AvgIpc) is 2.97. The fourth-order valence-electron chi connectivity index (χ4n) is 3.13. The Balaban J connectivity index is 1.74. The quantitative estimate of drug-likeness (QED) is 0.516. The van der Waals surface area contributed by atoms with E-state index in [9.17, 15) is 9.59 Å². The third-order valence-electron chi connectivity index (χ3n) is 4.44. The number of ketones is 1. The van der Waals surface area contributed by atoms with Crippen LogP contribution in [0.3, 0.4) is 0 Å². The normalized spacial score (nSPS) is 10.7.